The van der Waals surface area contributed by atoms with Crippen LogP contribution in [0.2, 0.25) is 0 Å². The number of aliphatic hydroxyl groups is 1. The summed E-state index contributed by atoms with van der Waals surface area (Å²) in [5.41, 5.74) is 0.186. The molecule has 3 atom stereocenters. The Balaban J connectivity index is 1.48. The van der Waals surface area contributed by atoms with Gasteiger partial charge in [-0.25, -0.2) is 13.6 Å². The Morgan fingerprint density at radius 3 is 2.48 bits per heavy atom. The standard InChI is InChI=1S/C19H22F2N2O4/c1-9(25)22-6-12-7-23(19(26)27-12)11-4-16(20)18(17(21)5-11)10-2-13-14(3-10)15(13)8-24/h4-5,10,12-15,24H,2-3,6-8H2,1H3,(H,22,25)/t10?,12-,13-,14-,15?/m0/s1. The van der Waals surface area contributed by atoms with E-state index in [1.807, 2.05) is 0 Å². The average Bonchev–Trinajstić information content (AvgIpc) is 2.92. The fourth-order valence-electron chi connectivity index (χ4n) is 4.70. The molecule has 1 aromatic carbocycles. The molecule has 146 valence electrons. The van der Waals surface area contributed by atoms with Gasteiger partial charge in [-0.2, -0.15) is 0 Å². The van der Waals surface area contributed by atoms with Crippen molar-refractivity contribution in [2.75, 3.05) is 24.6 Å². The number of nitrogens with one attached hydrogen (secondary N) is 1. The van der Waals surface area contributed by atoms with Crippen molar-refractivity contribution in [3.63, 3.8) is 0 Å². The van der Waals surface area contributed by atoms with Gasteiger partial charge in [-0.05, 0) is 48.6 Å². The zero-order valence-electron chi connectivity index (χ0n) is 15.0. The van der Waals surface area contributed by atoms with Gasteiger partial charge in [0.2, 0.25) is 5.91 Å². The monoisotopic (exact) mass is 380 g/mol. The number of benzene rings is 1. The average molecular weight is 380 g/mol. The van der Waals surface area contributed by atoms with Crippen LogP contribution >= 0.6 is 0 Å². The van der Waals surface area contributed by atoms with Crippen LogP contribution in [0.5, 0.6) is 0 Å². The summed E-state index contributed by atoms with van der Waals surface area (Å²) in [6.45, 7) is 1.76. The molecule has 2 saturated carbocycles. The Labute approximate surface area is 155 Å². The van der Waals surface area contributed by atoms with E-state index in [4.69, 9.17) is 4.74 Å². The largest absolute Gasteiger partial charge is 0.442 e. The molecule has 1 heterocycles. The molecule has 3 fully saturated rings. The number of carbonyl (C=O) groups excluding carboxylic acids is 2. The Bertz CT molecular complexity index is 752. The third-order valence-corrected chi connectivity index (χ3v) is 6.07. The maximum Gasteiger partial charge on any atom is 0.414 e. The number of halogens is 2. The van der Waals surface area contributed by atoms with Crippen molar-refractivity contribution in [1.29, 1.82) is 0 Å². The Morgan fingerprint density at radius 2 is 1.93 bits per heavy atom. The van der Waals surface area contributed by atoms with Crippen LogP contribution in [0.1, 0.15) is 31.2 Å². The Morgan fingerprint density at radius 1 is 1.30 bits per heavy atom. The molecule has 2 amide bonds. The van der Waals surface area contributed by atoms with Crippen LogP contribution in [0.4, 0.5) is 19.3 Å². The molecule has 0 aromatic heterocycles. The van der Waals surface area contributed by atoms with Crippen molar-refractivity contribution in [3.8, 4) is 0 Å². The minimum Gasteiger partial charge on any atom is -0.442 e. The second-order valence-electron chi connectivity index (χ2n) is 7.72. The molecule has 2 aliphatic carbocycles. The molecule has 0 radical (unpaired) electrons. The lowest BCUT2D eigenvalue weighted by molar-refractivity contribution is -0.119. The number of hydrogen-bond donors (Lipinski definition) is 2. The van der Waals surface area contributed by atoms with Crippen LogP contribution in [0.15, 0.2) is 12.1 Å². The maximum atomic E-state index is 14.7. The van der Waals surface area contributed by atoms with Gasteiger partial charge in [0.1, 0.15) is 17.7 Å². The van der Waals surface area contributed by atoms with E-state index < -0.39 is 23.8 Å². The lowest BCUT2D eigenvalue weighted by atomic mass is 9.91. The van der Waals surface area contributed by atoms with Crippen LogP contribution in [0.3, 0.4) is 0 Å². The first-order valence-electron chi connectivity index (χ1n) is 9.21. The maximum absolute atomic E-state index is 14.7. The second-order valence-corrected chi connectivity index (χ2v) is 7.72. The van der Waals surface area contributed by atoms with Gasteiger partial charge in [0.25, 0.3) is 0 Å². The van der Waals surface area contributed by atoms with E-state index in [-0.39, 0.29) is 48.7 Å². The van der Waals surface area contributed by atoms with Crippen molar-refractivity contribution < 1.29 is 28.2 Å². The number of fused-ring (bicyclic) bond motifs is 1. The lowest BCUT2D eigenvalue weighted by Crippen LogP contribution is -2.33. The molecule has 0 spiro atoms. The zero-order chi connectivity index (χ0) is 19.3. The van der Waals surface area contributed by atoms with E-state index in [0.717, 1.165) is 0 Å². The van der Waals surface area contributed by atoms with E-state index >= 15 is 0 Å². The van der Waals surface area contributed by atoms with Crippen LogP contribution in [0, 0.1) is 29.4 Å². The van der Waals surface area contributed by atoms with E-state index in [9.17, 15) is 23.5 Å². The number of nitrogens with zero attached hydrogens (tertiary/aromatic N) is 1. The Hall–Kier alpha value is -2.22. The van der Waals surface area contributed by atoms with Gasteiger partial charge in [0, 0.05) is 19.1 Å². The third-order valence-electron chi connectivity index (χ3n) is 6.07. The number of aliphatic hydroxyl groups excluding tert-OH is 1. The molecule has 1 aromatic rings. The van der Waals surface area contributed by atoms with E-state index in [1.54, 1.807) is 0 Å². The highest BCUT2D eigenvalue weighted by atomic mass is 19.1. The van der Waals surface area contributed by atoms with Gasteiger partial charge in [0.15, 0.2) is 0 Å². The van der Waals surface area contributed by atoms with Crippen LogP contribution in [-0.2, 0) is 9.53 Å². The second kappa shape index (κ2) is 6.74. The van der Waals surface area contributed by atoms with Crippen molar-refractivity contribution in [1.82, 2.24) is 5.32 Å². The summed E-state index contributed by atoms with van der Waals surface area (Å²) in [6.07, 6.45) is 0.121. The quantitative estimate of drug-likeness (QED) is 0.821. The number of amides is 2. The third kappa shape index (κ3) is 3.26. The van der Waals surface area contributed by atoms with Crippen molar-refractivity contribution >= 4 is 17.7 Å². The van der Waals surface area contributed by atoms with Crippen molar-refractivity contribution in [2.24, 2.45) is 17.8 Å². The lowest BCUT2D eigenvalue weighted by Gasteiger charge is -2.19. The number of anilines is 1. The number of carbonyl (C=O) groups is 2. The first-order valence-corrected chi connectivity index (χ1v) is 9.21. The van der Waals surface area contributed by atoms with Crippen LogP contribution in [0.25, 0.3) is 0 Å². The van der Waals surface area contributed by atoms with Gasteiger partial charge < -0.3 is 15.2 Å². The number of rotatable bonds is 5. The summed E-state index contributed by atoms with van der Waals surface area (Å²) >= 11 is 0. The molecule has 0 bridgehead atoms. The minimum absolute atomic E-state index is 0.0741. The zero-order valence-corrected chi connectivity index (χ0v) is 15.0. The molecule has 0 unspecified atom stereocenters. The summed E-state index contributed by atoms with van der Waals surface area (Å²) in [7, 11) is 0. The Kier molecular flexibility index (Phi) is 4.53. The summed E-state index contributed by atoms with van der Waals surface area (Å²) in [5.74, 6) is -0.737. The van der Waals surface area contributed by atoms with E-state index in [2.05, 4.69) is 5.32 Å². The van der Waals surface area contributed by atoms with Gasteiger partial charge >= 0.3 is 6.09 Å². The fraction of sp³-hybridized carbons (Fsp3) is 0.579. The molecular formula is C19H22F2N2O4. The summed E-state index contributed by atoms with van der Waals surface area (Å²) in [6, 6.07) is 2.35. The van der Waals surface area contributed by atoms with Gasteiger partial charge in [-0.15, -0.1) is 0 Å². The van der Waals surface area contributed by atoms with Crippen molar-refractivity contribution in [3.05, 3.63) is 29.3 Å². The molecule has 3 aliphatic rings. The predicted molar refractivity (Wildman–Crippen MR) is 92.2 cm³/mol. The highest BCUT2D eigenvalue weighted by Gasteiger charge is 2.56. The molecule has 6 nitrogen and oxygen atoms in total. The topological polar surface area (TPSA) is 78.9 Å². The molecule has 8 heteroatoms. The fourth-order valence-corrected chi connectivity index (χ4v) is 4.70. The van der Waals surface area contributed by atoms with Gasteiger partial charge in [-0.3, -0.25) is 9.69 Å². The molecule has 1 aliphatic heterocycles. The smallest absolute Gasteiger partial charge is 0.414 e. The SMILES string of the molecule is CC(=O)NC[C@H]1CN(c2cc(F)c(C3C[C@@H]4C(CO)[C@H]4C3)c(F)c2)C(=O)O1. The van der Waals surface area contributed by atoms with Crippen LogP contribution in [-0.4, -0.2) is 42.9 Å². The summed E-state index contributed by atoms with van der Waals surface area (Å²) < 4.78 is 34.5. The molecule has 1 saturated heterocycles. The van der Waals surface area contributed by atoms with Crippen molar-refractivity contribution in [2.45, 2.75) is 31.8 Å². The van der Waals surface area contributed by atoms with E-state index in [0.29, 0.717) is 24.7 Å². The number of ether oxygens (including phenoxy) is 1. The summed E-state index contributed by atoms with van der Waals surface area (Å²) in [4.78, 5) is 24.2. The first-order chi connectivity index (χ1) is 12.9. The molecule has 27 heavy (non-hydrogen) atoms. The molecular weight excluding hydrogens is 358 g/mol. The predicted octanol–water partition coefficient (Wildman–Crippen LogP) is 2.16. The van der Waals surface area contributed by atoms with Gasteiger partial charge in [0.05, 0.1) is 18.8 Å². The number of hydrogen-bond acceptors (Lipinski definition) is 4. The van der Waals surface area contributed by atoms with Crippen LogP contribution < -0.4 is 10.2 Å². The molecule has 4 rings (SSSR count). The first kappa shape index (κ1) is 18.2. The normalized spacial score (nSPS) is 29.6. The minimum atomic E-state index is -0.690. The molecule has 2 N–H and O–H groups in total. The number of cyclic esters (lactones) is 1. The van der Waals surface area contributed by atoms with Gasteiger partial charge in [-0.1, -0.05) is 0 Å². The highest BCUT2D eigenvalue weighted by molar-refractivity contribution is 5.89. The highest BCUT2D eigenvalue weighted by Crippen LogP contribution is 2.62. The summed E-state index contributed by atoms with van der Waals surface area (Å²) in [5, 5.41) is 11.8. The van der Waals surface area contributed by atoms with E-state index in [1.165, 1.54) is 24.0 Å².